The highest BCUT2D eigenvalue weighted by molar-refractivity contribution is 7.91. The smallest absolute Gasteiger partial charge is 0.227 e. The number of morpholine rings is 1. The molecule has 1 aliphatic heterocycles. The van der Waals surface area contributed by atoms with Crippen molar-refractivity contribution < 1.29 is 22.7 Å². The Morgan fingerprint density at radius 3 is 2.28 bits per heavy atom. The molecule has 3 rings (SSSR count). The molecule has 0 bridgehead atoms. The molecule has 0 radical (unpaired) electrons. The van der Waals surface area contributed by atoms with Crippen LogP contribution < -0.4 is 5.32 Å². The highest BCUT2D eigenvalue weighted by atomic mass is 32.2. The van der Waals surface area contributed by atoms with Crippen molar-refractivity contribution in [2.45, 2.75) is 17.7 Å². The zero-order valence-corrected chi connectivity index (χ0v) is 16.9. The minimum atomic E-state index is -3.49. The number of hydrogen-bond acceptors (Lipinski definition) is 5. The maximum absolute atomic E-state index is 12.3. The fourth-order valence-corrected chi connectivity index (χ4v) is 4.26. The van der Waals surface area contributed by atoms with Crippen molar-refractivity contribution in [3.05, 3.63) is 60.2 Å². The highest BCUT2D eigenvalue weighted by Crippen LogP contribution is 2.14. The second kappa shape index (κ2) is 9.67. The van der Waals surface area contributed by atoms with E-state index >= 15 is 0 Å². The van der Waals surface area contributed by atoms with Crippen LogP contribution in [0.2, 0.25) is 0 Å². The summed E-state index contributed by atoms with van der Waals surface area (Å²) < 4.78 is 29.7. The minimum absolute atomic E-state index is 0.0520. The van der Waals surface area contributed by atoms with Crippen LogP contribution in [0.1, 0.15) is 12.0 Å². The fourth-order valence-electron chi connectivity index (χ4n) is 3.00. The Hall–Kier alpha value is -2.71. The van der Waals surface area contributed by atoms with Gasteiger partial charge < -0.3 is 15.0 Å². The van der Waals surface area contributed by atoms with Gasteiger partial charge in [0.25, 0.3) is 0 Å². The van der Waals surface area contributed by atoms with Crippen molar-refractivity contribution in [2.75, 3.05) is 37.4 Å². The van der Waals surface area contributed by atoms with E-state index in [0.29, 0.717) is 38.4 Å². The van der Waals surface area contributed by atoms with Crippen molar-refractivity contribution in [1.29, 1.82) is 0 Å². The Morgan fingerprint density at radius 1 is 0.966 bits per heavy atom. The van der Waals surface area contributed by atoms with E-state index in [1.165, 1.54) is 12.1 Å². The van der Waals surface area contributed by atoms with Crippen molar-refractivity contribution >= 4 is 27.3 Å². The number of nitrogens with zero attached hydrogens (tertiary/aromatic N) is 1. The van der Waals surface area contributed by atoms with Gasteiger partial charge >= 0.3 is 0 Å². The molecule has 0 saturated carbocycles. The molecule has 0 aromatic heterocycles. The number of sulfone groups is 1. The average Bonchev–Trinajstić information content (AvgIpc) is 2.75. The van der Waals surface area contributed by atoms with Gasteiger partial charge in [0.1, 0.15) is 0 Å². The van der Waals surface area contributed by atoms with Gasteiger partial charge in [-0.3, -0.25) is 9.59 Å². The molecule has 0 spiro atoms. The number of amides is 2. The molecular formula is C21H24N2O5S. The maximum atomic E-state index is 12.3. The fraction of sp³-hybridized carbons (Fsp3) is 0.333. The van der Waals surface area contributed by atoms with Crippen LogP contribution in [0.3, 0.4) is 0 Å². The van der Waals surface area contributed by atoms with E-state index < -0.39 is 9.84 Å². The van der Waals surface area contributed by atoms with Crippen molar-refractivity contribution in [3.8, 4) is 0 Å². The third-order valence-corrected chi connectivity index (χ3v) is 6.39. The van der Waals surface area contributed by atoms with E-state index in [2.05, 4.69) is 5.32 Å². The zero-order valence-electron chi connectivity index (χ0n) is 16.0. The molecule has 1 heterocycles. The van der Waals surface area contributed by atoms with Gasteiger partial charge in [-0.05, 0) is 29.8 Å². The van der Waals surface area contributed by atoms with Gasteiger partial charge in [0.05, 0.1) is 30.3 Å². The van der Waals surface area contributed by atoms with Gasteiger partial charge in [0.2, 0.25) is 11.8 Å². The molecule has 2 aromatic rings. The summed E-state index contributed by atoms with van der Waals surface area (Å²) in [6.45, 7) is 2.35. The third-order valence-electron chi connectivity index (χ3n) is 4.66. The molecule has 29 heavy (non-hydrogen) atoms. The summed E-state index contributed by atoms with van der Waals surface area (Å²) in [7, 11) is -3.49. The lowest BCUT2D eigenvalue weighted by molar-refractivity contribution is -0.134. The lowest BCUT2D eigenvalue weighted by Gasteiger charge is -2.26. The Kier molecular flexibility index (Phi) is 7.00. The summed E-state index contributed by atoms with van der Waals surface area (Å²) in [5, 5.41) is 2.69. The predicted molar refractivity (Wildman–Crippen MR) is 109 cm³/mol. The van der Waals surface area contributed by atoms with Gasteiger partial charge in [-0.1, -0.05) is 30.3 Å². The number of nitrogens with one attached hydrogen (secondary N) is 1. The minimum Gasteiger partial charge on any atom is -0.378 e. The molecule has 1 aliphatic rings. The van der Waals surface area contributed by atoms with Gasteiger partial charge in [0.15, 0.2) is 9.84 Å². The number of carbonyl (C=O) groups is 2. The van der Waals surface area contributed by atoms with E-state index in [9.17, 15) is 18.0 Å². The number of benzene rings is 2. The molecule has 7 nitrogen and oxygen atoms in total. The van der Waals surface area contributed by atoms with Crippen molar-refractivity contribution in [2.24, 2.45) is 0 Å². The predicted octanol–water partition coefficient (Wildman–Crippen LogP) is 1.89. The summed E-state index contributed by atoms with van der Waals surface area (Å²) in [5.41, 5.74) is 1.42. The van der Waals surface area contributed by atoms with Crippen LogP contribution in [-0.2, 0) is 30.6 Å². The molecule has 0 aliphatic carbocycles. The van der Waals surface area contributed by atoms with Gasteiger partial charge in [-0.25, -0.2) is 8.42 Å². The van der Waals surface area contributed by atoms with E-state index in [4.69, 9.17) is 4.74 Å². The second-order valence-electron chi connectivity index (χ2n) is 6.80. The highest BCUT2D eigenvalue weighted by Gasteiger charge is 2.18. The van der Waals surface area contributed by atoms with Crippen LogP contribution in [0.25, 0.3) is 0 Å². The van der Waals surface area contributed by atoms with Gasteiger partial charge in [0, 0.05) is 25.2 Å². The third kappa shape index (κ3) is 6.13. The molecule has 2 aromatic carbocycles. The van der Waals surface area contributed by atoms with Gasteiger partial charge in [-0.15, -0.1) is 0 Å². The van der Waals surface area contributed by atoms with Crippen LogP contribution in [0.5, 0.6) is 0 Å². The molecule has 8 heteroatoms. The first-order valence-electron chi connectivity index (χ1n) is 9.46. The SMILES string of the molecule is O=C(CCS(=O)(=O)c1ccccc1)Nc1ccc(CC(=O)N2CCOCC2)cc1. The molecule has 0 unspecified atom stereocenters. The first kappa shape index (κ1) is 21.0. The average molecular weight is 416 g/mol. The standard InChI is InChI=1S/C21H24N2O5S/c24-20(10-15-29(26,27)19-4-2-1-3-5-19)22-18-8-6-17(7-9-18)16-21(25)23-11-13-28-14-12-23/h1-9H,10-16H2,(H,22,24). The normalized spacial score (nSPS) is 14.4. The number of rotatable bonds is 7. The molecule has 0 atom stereocenters. The molecule has 1 saturated heterocycles. The molecule has 1 fully saturated rings. The maximum Gasteiger partial charge on any atom is 0.227 e. The van der Waals surface area contributed by atoms with Crippen LogP contribution in [0.4, 0.5) is 5.69 Å². The summed E-state index contributed by atoms with van der Waals surface area (Å²) in [4.78, 5) is 26.4. The van der Waals surface area contributed by atoms with Crippen LogP contribution in [-0.4, -0.2) is 57.2 Å². The molecular weight excluding hydrogens is 392 g/mol. The lowest BCUT2D eigenvalue weighted by atomic mass is 10.1. The van der Waals surface area contributed by atoms with E-state index in [1.807, 2.05) is 0 Å². The van der Waals surface area contributed by atoms with E-state index in [-0.39, 0.29) is 28.9 Å². The van der Waals surface area contributed by atoms with Crippen LogP contribution in [0, 0.1) is 0 Å². The molecule has 1 N–H and O–H groups in total. The van der Waals surface area contributed by atoms with Crippen molar-refractivity contribution in [3.63, 3.8) is 0 Å². The van der Waals surface area contributed by atoms with E-state index in [1.54, 1.807) is 47.4 Å². The Morgan fingerprint density at radius 2 is 1.62 bits per heavy atom. The number of ether oxygens (including phenoxy) is 1. The largest absolute Gasteiger partial charge is 0.378 e. The Bertz CT molecular complexity index is 937. The van der Waals surface area contributed by atoms with Crippen LogP contribution in [0.15, 0.2) is 59.5 Å². The van der Waals surface area contributed by atoms with Gasteiger partial charge in [-0.2, -0.15) is 0 Å². The summed E-state index contributed by atoms with van der Waals surface area (Å²) in [5.74, 6) is -0.576. The molecule has 154 valence electrons. The topological polar surface area (TPSA) is 92.8 Å². The first-order chi connectivity index (χ1) is 13.9. The number of hydrogen-bond donors (Lipinski definition) is 1. The molecule has 2 amide bonds. The summed E-state index contributed by atoms with van der Waals surface area (Å²) in [6, 6.07) is 15.1. The Balaban J connectivity index is 1.49. The van der Waals surface area contributed by atoms with E-state index in [0.717, 1.165) is 5.56 Å². The monoisotopic (exact) mass is 416 g/mol. The first-order valence-corrected chi connectivity index (χ1v) is 11.1. The second-order valence-corrected chi connectivity index (χ2v) is 8.91. The lowest BCUT2D eigenvalue weighted by Crippen LogP contribution is -2.41. The number of carbonyl (C=O) groups excluding carboxylic acids is 2. The van der Waals surface area contributed by atoms with Crippen molar-refractivity contribution in [1.82, 2.24) is 4.90 Å². The quantitative estimate of drug-likeness (QED) is 0.744. The summed E-state index contributed by atoms with van der Waals surface area (Å²) in [6.07, 6.45) is 0.165. The zero-order chi connectivity index (χ0) is 20.7. The summed E-state index contributed by atoms with van der Waals surface area (Å²) >= 11 is 0. The van der Waals surface area contributed by atoms with Crippen LogP contribution >= 0.6 is 0 Å². The number of anilines is 1. The Labute approximate surface area is 170 Å².